The number of amides is 1. The molecule has 4 rings (SSSR count). The van der Waals surface area contributed by atoms with Gasteiger partial charge in [0.1, 0.15) is 0 Å². The van der Waals surface area contributed by atoms with E-state index >= 15 is 0 Å². The average molecular weight is 658 g/mol. The second-order valence-corrected chi connectivity index (χ2v) is 13.4. The monoisotopic (exact) mass is 657 g/mol. The maximum atomic E-state index is 12.5. The molecule has 0 spiro atoms. The lowest BCUT2D eigenvalue weighted by Crippen LogP contribution is -2.40. The summed E-state index contributed by atoms with van der Waals surface area (Å²) in [4.78, 5) is 19.2. The summed E-state index contributed by atoms with van der Waals surface area (Å²) in [6.45, 7) is 8.13. The van der Waals surface area contributed by atoms with Crippen molar-refractivity contribution in [3.8, 4) is 0 Å². The number of nitrogens with one attached hydrogen (secondary N) is 1. The summed E-state index contributed by atoms with van der Waals surface area (Å²) >= 11 is 0. The normalized spacial score (nSPS) is 17.9. The average Bonchev–Trinajstić information content (AvgIpc) is 3.13. The standard InChI is InChI=1S/C41H59N3O4/c1-3-5-7-9-11-13-26-44(27-14-12-10-8-6-4-2)31-38-28-39(35-21-19-34(32-45)20-22-35)48-41(47-38)36-23-17-33(18-24-36)29-43-40(46)37-16-15-25-42-30-37/h15-25,30,38-39,41,45H,3-14,26-29,31-32H2,1-2H3,(H,43,46). The number of pyridine rings is 1. The molecule has 1 amide bonds. The lowest BCUT2D eigenvalue weighted by molar-refractivity contribution is -0.253. The Labute approximate surface area is 289 Å². The van der Waals surface area contributed by atoms with Crippen LogP contribution in [0.5, 0.6) is 0 Å². The second-order valence-electron chi connectivity index (χ2n) is 13.4. The summed E-state index contributed by atoms with van der Waals surface area (Å²) in [5, 5.41) is 12.6. The van der Waals surface area contributed by atoms with Crippen LogP contribution in [0, 0.1) is 0 Å². The molecular weight excluding hydrogens is 598 g/mol. The predicted octanol–water partition coefficient (Wildman–Crippen LogP) is 9.07. The maximum absolute atomic E-state index is 12.5. The van der Waals surface area contributed by atoms with Crippen molar-refractivity contribution in [2.24, 2.45) is 0 Å². The van der Waals surface area contributed by atoms with E-state index in [2.05, 4.69) is 53.3 Å². The molecule has 48 heavy (non-hydrogen) atoms. The van der Waals surface area contributed by atoms with E-state index in [0.717, 1.165) is 48.3 Å². The minimum Gasteiger partial charge on any atom is -0.392 e. The van der Waals surface area contributed by atoms with Crippen molar-refractivity contribution in [1.82, 2.24) is 15.2 Å². The SMILES string of the molecule is CCCCCCCCN(CCCCCCCC)CC1CC(c2ccc(CO)cc2)OC(c2ccc(CNC(=O)c3cccnc3)cc2)O1. The first-order valence-electron chi connectivity index (χ1n) is 18.6. The van der Waals surface area contributed by atoms with Crippen LogP contribution in [-0.2, 0) is 22.6 Å². The molecule has 1 fully saturated rings. The topological polar surface area (TPSA) is 83.9 Å². The third-order valence-electron chi connectivity index (χ3n) is 9.36. The lowest BCUT2D eigenvalue weighted by atomic mass is 9.99. The van der Waals surface area contributed by atoms with Gasteiger partial charge in [-0.25, -0.2) is 0 Å². The number of carbonyl (C=O) groups excluding carboxylic acids is 1. The molecule has 3 atom stereocenters. The highest BCUT2D eigenvalue weighted by molar-refractivity contribution is 5.93. The lowest BCUT2D eigenvalue weighted by Gasteiger charge is -2.38. The molecule has 7 nitrogen and oxygen atoms in total. The van der Waals surface area contributed by atoms with Gasteiger partial charge in [-0.1, -0.05) is 127 Å². The van der Waals surface area contributed by atoms with Crippen LogP contribution >= 0.6 is 0 Å². The second kappa shape index (κ2) is 21.8. The van der Waals surface area contributed by atoms with Gasteiger partial charge in [0.2, 0.25) is 0 Å². The van der Waals surface area contributed by atoms with Crippen molar-refractivity contribution in [3.05, 3.63) is 101 Å². The molecule has 0 bridgehead atoms. The van der Waals surface area contributed by atoms with Gasteiger partial charge in [0.15, 0.2) is 6.29 Å². The molecule has 1 aromatic heterocycles. The molecule has 1 saturated heterocycles. The molecule has 262 valence electrons. The van der Waals surface area contributed by atoms with Gasteiger partial charge in [0.25, 0.3) is 5.91 Å². The van der Waals surface area contributed by atoms with Gasteiger partial charge < -0.3 is 24.8 Å². The van der Waals surface area contributed by atoms with Crippen molar-refractivity contribution in [1.29, 1.82) is 0 Å². The third-order valence-corrected chi connectivity index (χ3v) is 9.36. The fourth-order valence-corrected chi connectivity index (χ4v) is 6.42. The van der Waals surface area contributed by atoms with Gasteiger partial charge in [0, 0.05) is 37.5 Å². The molecule has 0 aliphatic carbocycles. The molecule has 0 radical (unpaired) electrons. The highest BCUT2D eigenvalue weighted by atomic mass is 16.7. The number of aliphatic hydroxyl groups excluding tert-OH is 1. The predicted molar refractivity (Wildman–Crippen MR) is 193 cm³/mol. The van der Waals surface area contributed by atoms with E-state index in [-0.39, 0.29) is 24.7 Å². The summed E-state index contributed by atoms with van der Waals surface area (Å²) in [7, 11) is 0. The first kappa shape index (κ1) is 37.7. The number of hydrogen-bond acceptors (Lipinski definition) is 6. The zero-order valence-corrected chi connectivity index (χ0v) is 29.5. The molecule has 7 heteroatoms. The minimum absolute atomic E-state index is 0.0288. The van der Waals surface area contributed by atoms with Crippen LogP contribution in [-0.4, -0.2) is 46.6 Å². The number of aliphatic hydroxyl groups is 1. The van der Waals surface area contributed by atoms with Crippen LogP contribution in [0.3, 0.4) is 0 Å². The van der Waals surface area contributed by atoms with Gasteiger partial charge in [-0.2, -0.15) is 0 Å². The van der Waals surface area contributed by atoms with E-state index in [9.17, 15) is 9.90 Å². The molecule has 1 aliphatic heterocycles. The Morgan fingerprint density at radius 3 is 2.00 bits per heavy atom. The fourth-order valence-electron chi connectivity index (χ4n) is 6.42. The summed E-state index contributed by atoms with van der Waals surface area (Å²) in [5.74, 6) is -0.143. The maximum Gasteiger partial charge on any atom is 0.253 e. The van der Waals surface area contributed by atoms with Crippen molar-refractivity contribution in [2.75, 3.05) is 19.6 Å². The van der Waals surface area contributed by atoms with Crippen molar-refractivity contribution >= 4 is 5.91 Å². The molecule has 3 unspecified atom stereocenters. The van der Waals surface area contributed by atoms with Gasteiger partial charge in [-0.15, -0.1) is 0 Å². The van der Waals surface area contributed by atoms with Crippen molar-refractivity contribution in [3.63, 3.8) is 0 Å². The Bertz CT molecular complexity index is 1270. The van der Waals surface area contributed by atoms with Gasteiger partial charge in [-0.3, -0.25) is 9.78 Å². The van der Waals surface area contributed by atoms with E-state index in [0.29, 0.717) is 12.1 Å². The van der Waals surface area contributed by atoms with Gasteiger partial charge >= 0.3 is 0 Å². The van der Waals surface area contributed by atoms with E-state index in [1.165, 1.54) is 77.0 Å². The highest BCUT2D eigenvalue weighted by Gasteiger charge is 2.33. The van der Waals surface area contributed by atoms with Crippen LogP contribution < -0.4 is 5.32 Å². The van der Waals surface area contributed by atoms with Gasteiger partial charge in [0.05, 0.1) is 24.4 Å². The zero-order valence-electron chi connectivity index (χ0n) is 29.5. The number of nitrogens with zero attached hydrogens (tertiary/aromatic N) is 2. The zero-order chi connectivity index (χ0) is 33.8. The Morgan fingerprint density at radius 2 is 1.40 bits per heavy atom. The summed E-state index contributed by atoms with van der Waals surface area (Å²) < 4.78 is 13.4. The molecule has 2 N–H and O–H groups in total. The fraction of sp³-hybridized carbons (Fsp3) is 0.561. The summed E-state index contributed by atoms with van der Waals surface area (Å²) in [5.41, 5.74) is 4.53. The largest absolute Gasteiger partial charge is 0.392 e. The van der Waals surface area contributed by atoms with E-state index in [4.69, 9.17) is 9.47 Å². The Morgan fingerprint density at radius 1 is 0.792 bits per heavy atom. The van der Waals surface area contributed by atoms with Crippen molar-refractivity contribution in [2.45, 2.75) is 129 Å². The van der Waals surface area contributed by atoms with Crippen LogP contribution in [0.2, 0.25) is 0 Å². The Kier molecular flexibility index (Phi) is 17.1. The van der Waals surface area contributed by atoms with Gasteiger partial charge in [-0.05, 0) is 54.8 Å². The quantitative estimate of drug-likeness (QED) is 0.105. The molecular formula is C41H59N3O4. The number of ether oxygens (including phenoxy) is 2. The van der Waals surface area contributed by atoms with E-state index in [1.807, 2.05) is 24.3 Å². The first-order chi connectivity index (χ1) is 23.6. The summed E-state index contributed by atoms with van der Waals surface area (Å²) in [6, 6.07) is 19.8. The number of benzene rings is 2. The number of carbonyl (C=O) groups is 1. The van der Waals surface area contributed by atoms with Crippen LogP contribution in [0.25, 0.3) is 0 Å². The smallest absolute Gasteiger partial charge is 0.253 e. The van der Waals surface area contributed by atoms with E-state index < -0.39 is 6.29 Å². The van der Waals surface area contributed by atoms with Crippen LogP contribution in [0.4, 0.5) is 0 Å². The number of aromatic nitrogens is 1. The molecule has 3 aromatic rings. The Balaban J connectivity index is 1.42. The Hall–Kier alpha value is -3.10. The van der Waals surface area contributed by atoms with Crippen molar-refractivity contribution < 1.29 is 19.4 Å². The number of hydrogen-bond donors (Lipinski definition) is 2. The van der Waals surface area contributed by atoms with Crippen LogP contribution in [0.15, 0.2) is 73.1 Å². The number of rotatable bonds is 22. The molecule has 2 aromatic carbocycles. The van der Waals surface area contributed by atoms with Crippen LogP contribution in [0.1, 0.15) is 142 Å². The molecule has 0 saturated carbocycles. The summed E-state index contributed by atoms with van der Waals surface area (Å²) in [6.07, 6.45) is 19.1. The highest BCUT2D eigenvalue weighted by Crippen LogP contribution is 2.38. The number of unbranched alkanes of at least 4 members (excludes halogenated alkanes) is 10. The molecule has 1 aliphatic rings. The third kappa shape index (κ3) is 13.1. The minimum atomic E-state index is -0.491. The van der Waals surface area contributed by atoms with E-state index in [1.54, 1.807) is 24.5 Å². The first-order valence-corrected chi connectivity index (χ1v) is 18.6. The molecule has 2 heterocycles.